The van der Waals surface area contributed by atoms with Crippen molar-refractivity contribution in [1.82, 2.24) is 20.2 Å². The smallest absolute Gasteiger partial charge is 0.302 e. The predicted octanol–water partition coefficient (Wildman–Crippen LogP) is 2.07. The summed E-state index contributed by atoms with van der Waals surface area (Å²) in [6, 6.07) is 7.83. The lowest BCUT2D eigenvalue weighted by atomic mass is 10.1. The van der Waals surface area contributed by atoms with Crippen molar-refractivity contribution in [2.75, 3.05) is 13.2 Å². The quantitative estimate of drug-likeness (QED) is 0.553. The Kier molecular flexibility index (Phi) is 5.96. The van der Waals surface area contributed by atoms with Crippen LogP contribution in [0.4, 0.5) is 0 Å². The van der Waals surface area contributed by atoms with E-state index >= 15 is 0 Å². The summed E-state index contributed by atoms with van der Waals surface area (Å²) in [5, 5.41) is 12.6. The molecule has 0 radical (unpaired) electrons. The normalized spacial score (nSPS) is 19.3. The second kappa shape index (κ2) is 8.57. The van der Waals surface area contributed by atoms with Crippen LogP contribution >= 0.6 is 0 Å². The van der Waals surface area contributed by atoms with Gasteiger partial charge in [0.25, 0.3) is 0 Å². The Bertz CT molecular complexity index is 757. The van der Waals surface area contributed by atoms with Crippen molar-refractivity contribution in [3.05, 3.63) is 47.8 Å². The topological polar surface area (TPSA) is 88.4 Å². The van der Waals surface area contributed by atoms with Gasteiger partial charge in [-0.3, -0.25) is 4.79 Å². The molecule has 2 aromatic rings. The van der Waals surface area contributed by atoms with Crippen molar-refractivity contribution in [2.24, 2.45) is 0 Å². The SMILES string of the molecule is CCOc1ccc(Cc2nnn(C3CC=CC(COC(C)=O)O3)n2)cc1. The standard InChI is InChI=1S/C18H22N4O4/c1-3-24-15-9-7-14(8-10-15)11-17-19-21-22(20-17)18-6-4-5-16(26-18)12-25-13(2)23/h4-5,7-10,16,18H,3,6,11-12H2,1-2H3. The van der Waals surface area contributed by atoms with Gasteiger partial charge in [-0.15, -0.1) is 15.0 Å². The Morgan fingerprint density at radius 2 is 2.15 bits per heavy atom. The predicted molar refractivity (Wildman–Crippen MR) is 92.5 cm³/mol. The van der Waals surface area contributed by atoms with E-state index in [9.17, 15) is 4.79 Å². The number of hydrogen-bond acceptors (Lipinski definition) is 7. The zero-order valence-corrected chi connectivity index (χ0v) is 14.9. The van der Waals surface area contributed by atoms with Crippen molar-refractivity contribution in [3.63, 3.8) is 0 Å². The van der Waals surface area contributed by atoms with Gasteiger partial charge in [0, 0.05) is 19.8 Å². The first kappa shape index (κ1) is 18.1. The molecule has 0 saturated carbocycles. The first-order valence-electron chi connectivity index (χ1n) is 8.59. The average Bonchev–Trinajstić information content (AvgIpc) is 3.11. The first-order valence-corrected chi connectivity index (χ1v) is 8.59. The summed E-state index contributed by atoms with van der Waals surface area (Å²) in [5.74, 6) is 1.12. The van der Waals surface area contributed by atoms with E-state index in [1.807, 2.05) is 43.3 Å². The lowest BCUT2D eigenvalue weighted by molar-refractivity contribution is -0.148. The van der Waals surface area contributed by atoms with Gasteiger partial charge in [-0.2, -0.15) is 0 Å². The van der Waals surface area contributed by atoms with Crippen molar-refractivity contribution in [3.8, 4) is 5.75 Å². The molecule has 1 aliphatic rings. The molecule has 0 amide bonds. The molecule has 1 aromatic carbocycles. The number of hydrogen-bond donors (Lipinski definition) is 0. The molecule has 0 saturated heterocycles. The highest BCUT2D eigenvalue weighted by atomic mass is 16.6. The molecular formula is C18H22N4O4. The zero-order chi connectivity index (χ0) is 18.4. The fraction of sp³-hybridized carbons (Fsp3) is 0.444. The minimum absolute atomic E-state index is 0.177. The summed E-state index contributed by atoms with van der Waals surface area (Å²) in [6.07, 6.45) is 4.39. The molecule has 2 atom stereocenters. The Balaban J connectivity index is 1.59. The van der Waals surface area contributed by atoms with E-state index in [1.54, 1.807) is 0 Å². The average molecular weight is 358 g/mol. The zero-order valence-electron chi connectivity index (χ0n) is 14.9. The Labute approximate surface area is 151 Å². The second-order valence-corrected chi connectivity index (χ2v) is 5.88. The summed E-state index contributed by atoms with van der Waals surface area (Å²) in [7, 11) is 0. The Morgan fingerprint density at radius 3 is 2.88 bits per heavy atom. The molecule has 1 aliphatic heterocycles. The van der Waals surface area contributed by atoms with Gasteiger partial charge in [0.05, 0.1) is 6.61 Å². The molecule has 0 N–H and O–H groups in total. The summed E-state index contributed by atoms with van der Waals surface area (Å²) in [5.41, 5.74) is 1.07. The molecule has 0 bridgehead atoms. The Hall–Kier alpha value is -2.74. The molecule has 2 heterocycles. The summed E-state index contributed by atoms with van der Waals surface area (Å²) in [4.78, 5) is 12.4. The molecule has 0 spiro atoms. The largest absolute Gasteiger partial charge is 0.494 e. The molecule has 2 unspecified atom stereocenters. The van der Waals surface area contributed by atoms with Crippen LogP contribution in [-0.2, 0) is 20.7 Å². The molecule has 138 valence electrons. The molecule has 26 heavy (non-hydrogen) atoms. The van der Waals surface area contributed by atoms with Crippen LogP contribution in [0.2, 0.25) is 0 Å². The number of ether oxygens (including phenoxy) is 3. The summed E-state index contributed by atoms with van der Waals surface area (Å²) < 4.78 is 16.3. The maximum Gasteiger partial charge on any atom is 0.302 e. The summed E-state index contributed by atoms with van der Waals surface area (Å²) >= 11 is 0. The molecule has 8 heteroatoms. The highest BCUT2D eigenvalue weighted by Gasteiger charge is 2.22. The number of aromatic nitrogens is 4. The van der Waals surface area contributed by atoms with Gasteiger partial charge in [0.1, 0.15) is 18.5 Å². The van der Waals surface area contributed by atoms with Crippen LogP contribution in [0.15, 0.2) is 36.4 Å². The highest BCUT2D eigenvalue weighted by Crippen LogP contribution is 2.21. The maximum absolute atomic E-state index is 10.9. The van der Waals surface area contributed by atoms with Crippen LogP contribution in [0.25, 0.3) is 0 Å². The van der Waals surface area contributed by atoms with Gasteiger partial charge >= 0.3 is 5.97 Å². The number of benzene rings is 1. The number of tetrazole rings is 1. The highest BCUT2D eigenvalue weighted by molar-refractivity contribution is 5.65. The Morgan fingerprint density at radius 1 is 1.35 bits per heavy atom. The number of carbonyl (C=O) groups excluding carboxylic acids is 1. The van der Waals surface area contributed by atoms with Crippen molar-refractivity contribution in [1.29, 1.82) is 0 Å². The molecule has 8 nitrogen and oxygen atoms in total. The van der Waals surface area contributed by atoms with Crippen LogP contribution in [0, 0.1) is 0 Å². The van der Waals surface area contributed by atoms with Gasteiger partial charge in [-0.25, -0.2) is 0 Å². The number of nitrogens with zero attached hydrogens (tertiary/aromatic N) is 4. The monoisotopic (exact) mass is 358 g/mol. The van der Waals surface area contributed by atoms with Gasteiger partial charge < -0.3 is 14.2 Å². The van der Waals surface area contributed by atoms with Crippen LogP contribution < -0.4 is 4.74 Å². The van der Waals surface area contributed by atoms with E-state index in [4.69, 9.17) is 14.2 Å². The van der Waals surface area contributed by atoms with Gasteiger partial charge in [0.15, 0.2) is 12.1 Å². The molecular weight excluding hydrogens is 336 g/mol. The molecule has 1 aromatic heterocycles. The minimum Gasteiger partial charge on any atom is -0.494 e. The van der Waals surface area contributed by atoms with E-state index in [0.717, 1.165) is 11.3 Å². The number of rotatable bonds is 7. The van der Waals surface area contributed by atoms with Crippen molar-refractivity contribution in [2.45, 2.75) is 39.0 Å². The van der Waals surface area contributed by atoms with Gasteiger partial charge in [0.2, 0.25) is 0 Å². The van der Waals surface area contributed by atoms with Gasteiger partial charge in [-0.1, -0.05) is 24.3 Å². The van der Waals surface area contributed by atoms with Crippen molar-refractivity contribution >= 4 is 5.97 Å². The minimum atomic E-state index is -0.359. The number of esters is 1. The fourth-order valence-corrected chi connectivity index (χ4v) is 2.59. The van der Waals surface area contributed by atoms with E-state index in [-0.39, 0.29) is 24.9 Å². The third-order valence-electron chi connectivity index (χ3n) is 3.80. The van der Waals surface area contributed by atoms with Crippen LogP contribution in [0.1, 0.15) is 37.9 Å². The molecule has 0 aliphatic carbocycles. The van der Waals surface area contributed by atoms with E-state index in [2.05, 4.69) is 15.4 Å². The van der Waals surface area contributed by atoms with Crippen LogP contribution in [-0.4, -0.2) is 45.5 Å². The first-order chi connectivity index (χ1) is 12.6. The number of carbonyl (C=O) groups is 1. The van der Waals surface area contributed by atoms with E-state index in [1.165, 1.54) is 11.7 Å². The lowest BCUT2D eigenvalue weighted by Crippen LogP contribution is -2.28. The third-order valence-corrected chi connectivity index (χ3v) is 3.80. The second-order valence-electron chi connectivity index (χ2n) is 5.88. The van der Waals surface area contributed by atoms with Crippen molar-refractivity contribution < 1.29 is 19.0 Å². The lowest BCUT2D eigenvalue weighted by Gasteiger charge is -2.24. The molecule has 3 rings (SSSR count). The van der Waals surface area contributed by atoms with E-state index in [0.29, 0.717) is 25.3 Å². The fourth-order valence-electron chi connectivity index (χ4n) is 2.59. The van der Waals surface area contributed by atoms with Gasteiger partial charge in [-0.05, 0) is 29.8 Å². The maximum atomic E-state index is 10.9. The van der Waals surface area contributed by atoms with Crippen LogP contribution in [0.5, 0.6) is 5.75 Å². The summed E-state index contributed by atoms with van der Waals surface area (Å²) in [6.45, 7) is 4.14. The third kappa shape index (κ3) is 4.89. The van der Waals surface area contributed by atoms with Crippen LogP contribution in [0.3, 0.4) is 0 Å². The molecule has 0 fully saturated rings. The van der Waals surface area contributed by atoms with E-state index < -0.39 is 0 Å².